The lowest BCUT2D eigenvalue weighted by Crippen LogP contribution is -2.21. The Morgan fingerprint density at radius 1 is 1.31 bits per heavy atom. The van der Waals surface area contributed by atoms with Crippen LogP contribution < -0.4 is 5.73 Å². The van der Waals surface area contributed by atoms with Crippen LogP contribution in [0.3, 0.4) is 0 Å². The van der Waals surface area contributed by atoms with Gasteiger partial charge in [-0.1, -0.05) is 30.3 Å². The topological polar surface area (TPSA) is 64.9 Å². The molecule has 16 heavy (non-hydrogen) atoms. The van der Waals surface area contributed by atoms with E-state index in [2.05, 4.69) is 10.1 Å². The van der Waals surface area contributed by atoms with Gasteiger partial charge < -0.3 is 10.3 Å². The summed E-state index contributed by atoms with van der Waals surface area (Å²) < 4.78 is 5.18. The zero-order valence-electron chi connectivity index (χ0n) is 9.26. The van der Waals surface area contributed by atoms with Crippen molar-refractivity contribution in [2.45, 2.75) is 25.8 Å². The van der Waals surface area contributed by atoms with Gasteiger partial charge in [0.2, 0.25) is 0 Å². The predicted octanol–water partition coefficient (Wildman–Crippen LogP) is 2.02. The molecule has 2 rings (SSSR count). The van der Waals surface area contributed by atoms with Crippen molar-refractivity contribution < 1.29 is 4.52 Å². The molecule has 0 saturated heterocycles. The Hall–Kier alpha value is -1.68. The zero-order chi connectivity index (χ0) is 11.4. The Morgan fingerprint density at radius 3 is 2.75 bits per heavy atom. The SMILES string of the molecule is CC[C@H](N)Cc1noc(-c2ccccc2)n1. The van der Waals surface area contributed by atoms with Crippen LogP contribution >= 0.6 is 0 Å². The summed E-state index contributed by atoms with van der Waals surface area (Å²) in [7, 11) is 0. The molecule has 0 unspecified atom stereocenters. The van der Waals surface area contributed by atoms with Crippen molar-refractivity contribution >= 4 is 0 Å². The van der Waals surface area contributed by atoms with E-state index in [1.165, 1.54) is 0 Å². The molecular formula is C12H15N3O. The number of rotatable bonds is 4. The highest BCUT2D eigenvalue weighted by molar-refractivity contribution is 5.51. The van der Waals surface area contributed by atoms with Crippen LogP contribution in [0, 0.1) is 0 Å². The minimum atomic E-state index is 0.0984. The van der Waals surface area contributed by atoms with E-state index in [0.29, 0.717) is 18.1 Å². The number of benzene rings is 1. The first kappa shape index (κ1) is 10.8. The van der Waals surface area contributed by atoms with Gasteiger partial charge in [0.25, 0.3) is 5.89 Å². The first-order valence-corrected chi connectivity index (χ1v) is 5.43. The van der Waals surface area contributed by atoms with E-state index in [9.17, 15) is 0 Å². The molecule has 1 aromatic heterocycles. The average Bonchev–Trinajstić information content (AvgIpc) is 2.78. The molecule has 0 bridgehead atoms. The summed E-state index contributed by atoms with van der Waals surface area (Å²) in [5.74, 6) is 1.23. The maximum atomic E-state index is 5.83. The number of aromatic nitrogens is 2. The molecule has 0 radical (unpaired) electrons. The van der Waals surface area contributed by atoms with Crippen LogP contribution in [-0.4, -0.2) is 16.2 Å². The molecule has 0 fully saturated rings. The highest BCUT2D eigenvalue weighted by atomic mass is 16.5. The Morgan fingerprint density at radius 2 is 2.06 bits per heavy atom. The van der Waals surface area contributed by atoms with E-state index in [1.54, 1.807) is 0 Å². The van der Waals surface area contributed by atoms with Crippen LogP contribution in [0.25, 0.3) is 11.5 Å². The molecule has 1 aromatic carbocycles. The summed E-state index contributed by atoms with van der Waals surface area (Å²) in [6.45, 7) is 2.04. The Kier molecular flexibility index (Phi) is 3.31. The van der Waals surface area contributed by atoms with Gasteiger partial charge in [0, 0.05) is 18.0 Å². The molecule has 4 heteroatoms. The molecule has 0 aliphatic carbocycles. The van der Waals surface area contributed by atoms with E-state index in [-0.39, 0.29) is 6.04 Å². The molecule has 2 aromatic rings. The molecule has 0 amide bonds. The number of hydrogen-bond donors (Lipinski definition) is 1. The van der Waals surface area contributed by atoms with Gasteiger partial charge in [0.15, 0.2) is 5.82 Å². The van der Waals surface area contributed by atoms with Crippen molar-refractivity contribution in [3.8, 4) is 11.5 Å². The monoisotopic (exact) mass is 217 g/mol. The third kappa shape index (κ3) is 2.46. The van der Waals surface area contributed by atoms with Crippen molar-refractivity contribution in [2.75, 3.05) is 0 Å². The standard InChI is InChI=1S/C12H15N3O/c1-2-10(13)8-11-14-12(16-15-11)9-6-4-3-5-7-9/h3-7,10H,2,8,13H2,1H3/t10-/m0/s1. The lowest BCUT2D eigenvalue weighted by Gasteiger charge is -2.02. The number of nitrogens with two attached hydrogens (primary N) is 1. The van der Waals surface area contributed by atoms with Crippen LogP contribution in [0.1, 0.15) is 19.2 Å². The van der Waals surface area contributed by atoms with E-state index >= 15 is 0 Å². The Labute approximate surface area is 94.5 Å². The summed E-state index contributed by atoms with van der Waals surface area (Å²) in [4.78, 5) is 4.31. The molecule has 0 saturated carbocycles. The van der Waals surface area contributed by atoms with Gasteiger partial charge in [-0.25, -0.2) is 0 Å². The second-order valence-electron chi connectivity index (χ2n) is 3.75. The highest BCUT2D eigenvalue weighted by Gasteiger charge is 2.10. The van der Waals surface area contributed by atoms with E-state index in [4.69, 9.17) is 10.3 Å². The number of hydrogen-bond acceptors (Lipinski definition) is 4. The Bertz CT molecular complexity index is 439. The normalized spacial score (nSPS) is 12.6. The first-order valence-electron chi connectivity index (χ1n) is 5.43. The molecule has 1 heterocycles. The van der Waals surface area contributed by atoms with Gasteiger partial charge in [-0.2, -0.15) is 4.98 Å². The van der Waals surface area contributed by atoms with Crippen LogP contribution in [0.15, 0.2) is 34.9 Å². The van der Waals surface area contributed by atoms with Gasteiger partial charge >= 0.3 is 0 Å². The quantitative estimate of drug-likeness (QED) is 0.850. The second kappa shape index (κ2) is 4.90. The largest absolute Gasteiger partial charge is 0.334 e. The molecule has 0 aliphatic rings. The first-order chi connectivity index (χ1) is 7.79. The van der Waals surface area contributed by atoms with Crippen molar-refractivity contribution in [1.29, 1.82) is 0 Å². The summed E-state index contributed by atoms with van der Waals surface area (Å²) in [5.41, 5.74) is 6.77. The van der Waals surface area contributed by atoms with Crippen molar-refractivity contribution in [2.24, 2.45) is 5.73 Å². The van der Waals surface area contributed by atoms with Gasteiger partial charge in [0.1, 0.15) is 0 Å². The molecule has 84 valence electrons. The maximum Gasteiger partial charge on any atom is 0.257 e. The predicted molar refractivity (Wildman–Crippen MR) is 61.7 cm³/mol. The molecule has 2 N–H and O–H groups in total. The molecule has 1 atom stereocenters. The fraction of sp³-hybridized carbons (Fsp3) is 0.333. The van der Waals surface area contributed by atoms with Crippen molar-refractivity contribution in [3.63, 3.8) is 0 Å². The van der Waals surface area contributed by atoms with E-state index in [0.717, 1.165) is 12.0 Å². The van der Waals surface area contributed by atoms with Gasteiger partial charge in [-0.05, 0) is 18.6 Å². The van der Waals surface area contributed by atoms with Crippen molar-refractivity contribution in [1.82, 2.24) is 10.1 Å². The maximum absolute atomic E-state index is 5.83. The van der Waals surface area contributed by atoms with Crippen molar-refractivity contribution in [3.05, 3.63) is 36.2 Å². The van der Waals surface area contributed by atoms with Gasteiger partial charge in [-0.3, -0.25) is 0 Å². The van der Waals surface area contributed by atoms with E-state index < -0.39 is 0 Å². The third-order valence-electron chi connectivity index (χ3n) is 2.46. The van der Waals surface area contributed by atoms with Crippen LogP contribution in [0.2, 0.25) is 0 Å². The van der Waals surface area contributed by atoms with Gasteiger partial charge in [0.05, 0.1) is 0 Å². The molecule has 4 nitrogen and oxygen atoms in total. The van der Waals surface area contributed by atoms with Crippen LogP contribution in [0.5, 0.6) is 0 Å². The zero-order valence-corrected chi connectivity index (χ0v) is 9.26. The minimum Gasteiger partial charge on any atom is -0.334 e. The fourth-order valence-corrected chi connectivity index (χ4v) is 1.41. The van der Waals surface area contributed by atoms with Crippen LogP contribution in [0.4, 0.5) is 0 Å². The van der Waals surface area contributed by atoms with Gasteiger partial charge in [-0.15, -0.1) is 0 Å². The third-order valence-corrected chi connectivity index (χ3v) is 2.46. The smallest absolute Gasteiger partial charge is 0.257 e. The summed E-state index contributed by atoms with van der Waals surface area (Å²) in [6.07, 6.45) is 1.57. The number of nitrogens with zero attached hydrogens (tertiary/aromatic N) is 2. The van der Waals surface area contributed by atoms with Crippen LogP contribution in [-0.2, 0) is 6.42 Å². The van der Waals surface area contributed by atoms with E-state index in [1.807, 2.05) is 37.3 Å². The fourth-order valence-electron chi connectivity index (χ4n) is 1.41. The lowest BCUT2D eigenvalue weighted by molar-refractivity contribution is 0.419. The Balaban J connectivity index is 2.14. The summed E-state index contributed by atoms with van der Waals surface area (Å²) >= 11 is 0. The molecule has 0 aliphatic heterocycles. The minimum absolute atomic E-state index is 0.0984. The average molecular weight is 217 g/mol. The lowest BCUT2D eigenvalue weighted by atomic mass is 10.1. The second-order valence-corrected chi connectivity index (χ2v) is 3.75. The highest BCUT2D eigenvalue weighted by Crippen LogP contribution is 2.16. The summed E-state index contributed by atoms with van der Waals surface area (Å²) in [5, 5.41) is 3.91. The molecular weight excluding hydrogens is 202 g/mol. The summed E-state index contributed by atoms with van der Waals surface area (Å²) in [6, 6.07) is 9.82. The molecule has 0 spiro atoms.